The van der Waals surface area contributed by atoms with Crippen LogP contribution in [-0.4, -0.2) is 49.6 Å². The van der Waals surface area contributed by atoms with Crippen LogP contribution in [0.15, 0.2) is 23.2 Å². The first kappa shape index (κ1) is 24.7. The second-order valence-electron chi connectivity index (χ2n) is 6.12. The van der Waals surface area contributed by atoms with Gasteiger partial charge in [-0.2, -0.15) is 8.78 Å². The van der Waals surface area contributed by atoms with Crippen LogP contribution >= 0.6 is 35.6 Å². The van der Waals surface area contributed by atoms with E-state index in [-0.39, 0.29) is 48.7 Å². The summed E-state index contributed by atoms with van der Waals surface area (Å²) in [7, 11) is 0. The zero-order chi connectivity index (χ0) is 19.6. The molecule has 0 saturated carbocycles. The number of hydrogen-bond donors (Lipinski definition) is 2. The van der Waals surface area contributed by atoms with Crippen molar-refractivity contribution in [2.45, 2.75) is 39.3 Å². The molecule has 0 aromatic heterocycles. The number of rotatable bonds is 7. The summed E-state index contributed by atoms with van der Waals surface area (Å²) >= 11 is 5.95. The van der Waals surface area contributed by atoms with Gasteiger partial charge in [-0.15, -0.1) is 24.0 Å². The third-order valence-electron chi connectivity index (χ3n) is 4.11. The molecule has 1 fully saturated rings. The third-order valence-corrected chi connectivity index (χ3v) is 4.34. The molecule has 1 aromatic rings. The highest BCUT2D eigenvalue weighted by Gasteiger charge is 2.16. The Hall–Kier alpha value is -1.36. The predicted molar refractivity (Wildman–Crippen MR) is 117 cm³/mol. The first-order valence-electron chi connectivity index (χ1n) is 9.02. The van der Waals surface area contributed by atoms with Gasteiger partial charge in [-0.1, -0.05) is 11.6 Å². The maximum Gasteiger partial charge on any atom is 0.387 e. The van der Waals surface area contributed by atoms with Crippen LogP contribution in [0.5, 0.6) is 5.75 Å². The first-order valence-corrected chi connectivity index (χ1v) is 9.40. The van der Waals surface area contributed by atoms with Gasteiger partial charge in [0.25, 0.3) is 0 Å². The predicted octanol–water partition coefficient (Wildman–Crippen LogP) is 3.63. The summed E-state index contributed by atoms with van der Waals surface area (Å²) in [6.07, 6.45) is 3.22. The summed E-state index contributed by atoms with van der Waals surface area (Å²) in [6, 6.07) is 4.40. The average molecular weight is 531 g/mol. The molecule has 0 spiro atoms. The van der Waals surface area contributed by atoms with Gasteiger partial charge in [-0.05, 0) is 44.4 Å². The minimum atomic E-state index is -2.93. The molecular weight excluding hydrogens is 505 g/mol. The largest absolute Gasteiger partial charge is 0.434 e. The number of carbonyl (C=O) groups excluding carboxylic acids is 1. The summed E-state index contributed by atoms with van der Waals surface area (Å²) in [4.78, 5) is 18.4. The van der Waals surface area contributed by atoms with Crippen molar-refractivity contribution in [2.75, 3.05) is 26.2 Å². The van der Waals surface area contributed by atoms with E-state index in [0.29, 0.717) is 23.1 Å². The minimum Gasteiger partial charge on any atom is -0.434 e. The van der Waals surface area contributed by atoms with Crippen molar-refractivity contribution >= 4 is 47.4 Å². The number of nitrogens with one attached hydrogen (secondary N) is 2. The van der Waals surface area contributed by atoms with E-state index >= 15 is 0 Å². The standard InChI is InChI=1S/C18H25ClF2N4O2.HI/c1-2-22-18(24-12-16(26)25-8-4-3-5-9-25)23-11-13-10-14(19)6-7-15(13)27-17(20)21;/h6-7,10,17H,2-5,8-9,11-12H2,1H3,(H2,22,23,24);1H. The fraction of sp³-hybridized carbons (Fsp3) is 0.556. The number of guanidine groups is 1. The highest BCUT2D eigenvalue weighted by atomic mass is 127. The molecule has 1 aliphatic rings. The Morgan fingerprint density at radius 1 is 1.29 bits per heavy atom. The van der Waals surface area contributed by atoms with Gasteiger partial charge < -0.3 is 20.3 Å². The van der Waals surface area contributed by atoms with E-state index in [1.165, 1.54) is 18.2 Å². The summed E-state index contributed by atoms with van der Waals surface area (Å²) in [6.45, 7) is 1.34. The summed E-state index contributed by atoms with van der Waals surface area (Å²) in [5, 5.41) is 6.42. The number of carbonyl (C=O) groups is 1. The Morgan fingerprint density at radius 2 is 2.00 bits per heavy atom. The van der Waals surface area contributed by atoms with Gasteiger partial charge in [-0.25, -0.2) is 4.99 Å². The Labute approximate surface area is 186 Å². The molecule has 28 heavy (non-hydrogen) atoms. The fourth-order valence-corrected chi connectivity index (χ4v) is 3.00. The molecule has 1 aliphatic heterocycles. The molecule has 10 heteroatoms. The molecule has 6 nitrogen and oxygen atoms in total. The zero-order valence-electron chi connectivity index (χ0n) is 15.7. The lowest BCUT2D eigenvalue weighted by atomic mass is 10.1. The highest BCUT2D eigenvalue weighted by Crippen LogP contribution is 2.25. The molecule has 158 valence electrons. The number of nitrogens with zero attached hydrogens (tertiary/aromatic N) is 2. The Kier molecular flexibility index (Phi) is 11.4. The van der Waals surface area contributed by atoms with Gasteiger partial charge in [0.2, 0.25) is 5.91 Å². The van der Waals surface area contributed by atoms with Gasteiger partial charge in [0.15, 0.2) is 5.96 Å². The molecule has 0 atom stereocenters. The van der Waals surface area contributed by atoms with E-state index in [0.717, 1.165) is 32.4 Å². The lowest BCUT2D eigenvalue weighted by molar-refractivity contribution is -0.130. The monoisotopic (exact) mass is 530 g/mol. The molecule has 2 N–H and O–H groups in total. The summed E-state index contributed by atoms with van der Waals surface area (Å²) in [5.74, 6) is 0.467. The van der Waals surface area contributed by atoms with Crippen molar-refractivity contribution in [1.29, 1.82) is 0 Å². The van der Waals surface area contributed by atoms with Crippen LogP contribution in [0, 0.1) is 0 Å². The van der Waals surface area contributed by atoms with Crippen LogP contribution in [0.3, 0.4) is 0 Å². The molecule has 1 amide bonds. The second-order valence-corrected chi connectivity index (χ2v) is 6.56. The highest BCUT2D eigenvalue weighted by molar-refractivity contribution is 14.0. The van der Waals surface area contributed by atoms with Crippen molar-refractivity contribution in [3.05, 3.63) is 28.8 Å². The average Bonchev–Trinajstić information content (AvgIpc) is 2.66. The van der Waals surface area contributed by atoms with E-state index in [1.807, 2.05) is 11.8 Å². The van der Waals surface area contributed by atoms with E-state index < -0.39 is 6.61 Å². The maximum absolute atomic E-state index is 12.5. The van der Waals surface area contributed by atoms with E-state index in [9.17, 15) is 13.6 Å². The Bertz CT molecular complexity index is 658. The molecule has 2 rings (SSSR count). The molecule has 0 unspecified atom stereocenters. The molecular formula is C18H26ClF2IN4O2. The van der Waals surface area contributed by atoms with Crippen molar-refractivity contribution in [3.8, 4) is 5.75 Å². The van der Waals surface area contributed by atoms with Gasteiger partial charge >= 0.3 is 6.61 Å². The van der Waals surface area contributed by atoms with Crippen LogP contribution in [0.4, 0.5) is 8.78 Å². The van der Waals surface area contributed by atoms with Gasteiger partial charge in [0.1, 0.15) is 5.75 Å². The number of benzene rings is 1. The number of piperidine rings is 1. The smallest absolute Gasteiger partial charge is 0.387 e. The SMILES string of the molecule is CCNC(=NCc1cc(Cl)ccc1OC(F)F)NCC(=O)N1CCCCC1.I. The molecule has 0 radical (unpaired) electrons. The van der Waals surface area contributed by atoms with Crippen LogP contribution in [0.2, 0.25) is 5.02 Å². The molecule has 0 bridgehead atoms. The second kappa shape index (κ2) is 13.0. The van der Waals surface area contributed by atoms with Gasteiger partial charge in [-0.3, -0.25) is 4.79 Å². The van der Waals surface area contributed by atoms with Gasteiger partial charge in [0, 0.05) is 30.2 Å². The van der Waals surface area contributed by atoms with Crippen molar-refractivity contribution in [1.82, 2.24) is 15.5 Å². The molecule has 1 saturated heterocycles. The van der Waals surface area contributed by atoms with E-state index in [1.54, 1.807) is 0 Å². The third kappa shape index (κ3) is 8.34. The van der Waals surface area contributed by atoms with Crippen LogP contribution < -0.4 is 15.4 Å². The van der Waals surface area contributed by atoms with Crippen molar-refractivity contribution in [2.24, 2.45) is 4.99 Å². The van der Waals surface area contributed by atoms with Crippen molar-refractivity contribution < 1.29 is 18.3 Å². The number of halogens is 4. The number of hydrogen-bond acceptors (Lipinski definition) is 3. The minimum absolute atomic E-state index is 0. The van der Waals surface area contributed by atoms with Crippen LogP contribution in [0.25, 0.3) is 0 Å². The number of ether oxygens (including phenoxy) is 1. The van der Waals surface area contributed by atoms with Crippen LogP contribution in [-0.2, 0) is 11.3 Å². The molecule has 1 heterocycles. The topological polar surface area (TPSA) is 66.0 Å². The summed E-state index contributed by atoms with van der Waals surface area (Å²) < 4.78 is 29.6. The van der Waals surface area contributed by atoms with Crippen LogP contribution in [0.1, 0.15) is 31.7 Å². The van der Waals surface area contributed by atoms with Gasteiger partial charge in [0.05, 0.1) is 13.1 Å². The summed E-state index contributed by atoms with van der Waals surface area (Å²) in [5.41, 5.74) is 0.433. The number of amides is 1. The fourth-order valence-electron chi connectivity index (χ4n) is 2.80. The Morgan fingerprint density at radius 3 is 2.64 bits per heavy atom. The Balaban J connectivity index is 0.00000392. The lowest BCUT2D eigenvalue weighted by Crippen LogP contribution is -2.46. The molecule has 1 aromatic carbocycles. The zero-order valence-corrected chi connectivity index (χ0v) is 18.8. The maximum atomic E-state index is 12.5. The van der Waals surface area contributed by atoms with Crippen molar-refractivity contribution in [3.63, 3.8) is 0 Å². The number of alkyl halides is 2. The lowest BCUT2D eigenvalue weighted by Gasteiger charge is -2.27. The van der Waals surface area contributed by atoms with E-state index in [2.05, 4.69) is 20.4 Å². The normalized spacial score (nSPS) is 14.5. The molecule has 0 aliphatic carbocycles. The number of aliphatic imine (C=N–C) groups is 1. The van der Waals surface area contributed by atoms with E-state index in [4.69, 9.17) is 11.6 Å². The quantitative estimate of drug-likeness (QED) is 0.321. The first-order chi connectivity index (χ1) is 13.0. The number of likely N-dealkylation sites (tertiary alicyclic amines) is 1.